The van der Waals surface area contributed by atoms with Crippen LogP contribution in [0.15, 0.2) is 41.2 Å². The number of nitrogens with zero attached hydrogens (tertiary/aromatic N) is 1. The van der Waals surface area contributed by atoms with E-state index in [0.29, 0.717) is 5.69 Å². The maximum atomic E-state index is 11.5. The lowest BCUT2D eigenvalue weighted by Gasteiger charge is -2.01. The van der Waals surface area contributed by atoms with Crippen molar-refractivity contribution in [2.24, 2.45) is 0 Å². The Hall–Kier alpha value is -1.85. The minimum Gasteiger partial charge on any atom is -0.363 e. The van der Waals surface area contributed by atoms with E-state index in [1.807, 2.05) is 6.07 Å². The van der Waals surface area contributed by atoms with Crippen LogP contribution in [-0.4, -0.2) is 20.0 Å². The molecule has 0 bridgehead atoms. The Morgan fingerprint density at radius 2 is 1.87 bits per heavy atom. The molecule has 0 unspecified atom stereocenters. The van der Waals surface area contributed by atoms with Gasteiger partial charge in [0, 0.05) is 6.07 Å². The van der Waals surface area contributed by atoms with E-state index in [2.05, 4.69) is 5.10 Å². The van der Waals surface area contributed by atoms with Gasteiger partial charge in [0.25, 0.3) is 5.56 Å². The Morgan fingerprint density at radius 3 is 2.40 bits per heavy atom. The van der Waals surface area contributed by atoms with Crippen LogP contribution in [-0.2, 0) is 0 Å². The highest BCUT2D eigenvalue weighted by Gasteiger charge is 2.09. The molecule has 5 nitrogen and oxygen atoms in total. The second-order valence-corrected chi connectivity index (χ2v) is 3.09. The van der Waals surface area contributed by atoms with Gasteiger partial charge in [-0.2, -0.15) is 0 Å². The summed E-state index contributed by atoms with van der Waals surface area (Å²) in [5.41, 5.74) is 0.391. The number of hydrogen-bond donors (Lipinski definition) is 3. The number of aliphatic hydroxyl groups excluding tert-OH is 1. The third-order valence-corrected chi connectivity index (χ3v) is 2.03. The fourth-order valence-electron chi connectivity index (χ4n) is 1.32. The van der Waals surface area contributed by atoms with Crippen molar-refractivity contribution in [2.75, 3.05) is 0 Å². The van der Waals surface area contributed by atoms with Crippen LogP contribution >= 0.6 is 0 Å². The molecule has 0 aliphatic carbocycles. The van der Waals surface area contributed by atoms with Crippen molar-refractivity contribution in [1.82, 2.24) is 9.78 Å². The number of nitrogens with one attached hydrogen (secondary N) is 1. The van der Waals surface area contributed by atoms with E-state index in [-0.39, 0.29) is 11.3 Å². The van der Waals surface area contributed by atoms with Crippen molar-refractivity contribution in [3.8, 4) is 5.69 Å². The van der Waals surface area contributed by atoms with Gasteiger partial charge in [0.1, 0.15) is 0 Å². The SMILES string of the molecule is O=c1cc(C(O)O)[nH]n1-c1ccccc1. The zero-order valence-electron chi connectivity index (χ0n) is 7.79. The van der Waals surface area contributed by atoms with Gasteiger partial charge in [-0.3, -0.25) is 9.89 Å². The first-order valence-electron chi connectivity index (χ1n) is 4.42. The summed E-state index contributed by atoms with van der Waals surface area (Å²) in [4.78, 5) is 11.5. The summed E-state index contributed by atoms with van der Waals surface area (Å²) in [6, 6.07) is 10.0. The fourth-order valence-corrected chi connectivity index (χ4v) is 1.32. The highest BCUT2D eigenvalue weighted by molar-refractivity contribution is 5.30. The molecule has 0 atom stereocenters. The largest absolute Gasteiger partial charge is 0.363 e. The van der Waals surface area contributed by atoms with Gasteiger partial charge in [0.15, 0.2) is 6.29 Å². The van der Waals surface area contributed by atoms with Crippen LogP contribution < -0.4 is 5.56 Å². The van der Waals surface area contributed by atoms with Crippen molar-refractivity contribution in [3.63, 3.8) is 0 Å². The first-order valence-corrected chi connectivity index (χ1v) is 4.42. The zero-order chi connectivity index (χ0) is 10.8. The summed E-state index contributed by atoms with van der Waals surface area (Å²) in [6.45, 7) is 0. The van der Waals surface area contributed by atoms with Crippen LogP contribution in [0.3, 0.4) is 0 Å². The number of aromatic nitrogens is 2. The summed E-state index contributed by atoms with van der Waals surface area (Å²) in [6.07, 6.45) is -1.66. The van der Waals surface area contributed by atoms with Gasteiger partial charge in [-0.05, 0) is 12.1 Å². The summed E-state index contributed by atoms with van der Waals surface area (Å²) >= 11 is 0. The minimum atomic E-state index is -1.66. The summed E-state index contributed by atoms with van der Waals surface area (Å²) in [5.74, 6) is 0. The number of para-hydroxylation sites is 1. The van der Waals surface area contributed by atoms with Gasteiger partial charge in [0.2, 0.25) is 0 Å². The molecule has 1 aromatic carbocycles. The van der Waals surface area contributed by atoms with Crippen LogP contribution in [0.4, 0.5) is 0 Å². The molecule has 1 heterocycles. The highest BCUT2D eigenvalue weighted by atomic mass is 16.5. The molecule has 1 aromatic heterocycles. The summed E-state index contributed by atoms with van der Waals surface area (Å²) in [5, 5.41) is 20.4. The van der Waals surface area contributed by atoms with Gasteiger partial charge < -0.3 is 10.2 Å². The molecule has 0 fully saturated rings. The van der Waals surface area contributed by atoms with E-state index >= 15 is 0 Å². The van der Waals surface area contributed by atoms with Crippen LogP contribution in [0.2, 0.25) is 0 Å². The number of aromatic amines is 1. The first-order chi connectivity index (χ1) is 7.18. The Balaban J connectivity index is 2.50. The predicted molar refractivity (Wildman–Crippen MR) is 53.6 cm³/mol. The van der Waals surface area contributed by atoms with Gasteiger partial charge in [-0.1, -0.05) is 18.2 Å². The number of aliphatic hydroxyl groups is 2. The third-order valence-electron chi connectivity index (χ3n) is 2.03. The Labute approximate surface area is 85.2 Å². The van der Waals surface area contributed by atoms with E-state index in [0.717, 1.165) is 6.07 Å². The van der Waals surface area contributed by atoms with Gasteiger partial charge in [0.05, 0.1) is 11.4 Å². The molecule has 0 spiro atoms. The predicted octanol–water partition coefficient (Wildman–Crippen LogP) is 0.149. The van der Waals surface area contributed by atoms with Crippen molar-refractivity contribution in [1.29, 1.82) is 0 Å². The molecule has 0 saturated heterocycles. The molecule has 2 rings (SSSR count). The molecule has 0 saturated carbocycles. The van der Waals surface area contributed by atoms with Crippen molar-refractivity contribution >= 4 is 0 Å². The quantitative estimate of drug-likeness (QED) is 0.612. The van der Waals surface area contributed by atoms with Crippen LogP contribution in [0.1, 0.15) is 12.0 Å². The van der Waals surface area contributed by atoms with Crippen LogP contribution in [0.25, 0.3) is 5.69 Å². The third kappa shape index (κ3) is 1.83. The number of benzene rings is 1. The lowest BCUT2D eigenvalue weighted by molar-refractivity contribution is -0.0460. The molecule has 2 aromatic rings. The number of hydrogen-bond acceptors (Lipinski definition) is 3. The Morgan fingerprint density at radius 1 is 1.20 bits per heavy atom. The van der Waals surface area contributed by atoms with Crippen molar-refractivity contribution in [3.05, 3.63) is 52.4 Å². The lowest BCUT2D eigenvalue weighted by Crippen LogP contribution is -2.13. The fraction of sp³-hybridized carbons (Fsp3) is 0.100. The van der Waals surface area contributed by atoms with Gasteiger partial charge in [-0.15, -0.1) is 0 Å². The van der Waals surface area contributed by atoms with E-state index < -0.39 is 6.29 Å². The van der Waals surface area contributed by atoms with Crippen LogP contribution in [0.5, 0.6) is 0 Å². The Bertz CT molecular complexity index is 499. The van der Waals surface area contributed by atoms with E-state index in [1.54, 1.807) is 24.3 Å². The molecule has 5 heteroatoms. The van der Waals surface area contributed by atoms with Gasteiger partial charge >= 0.3 is 0 Å². The molecule has 0 aliphatic rings. The molecule has 78 valence electrons. The van der Waals surface area contributed by atoms with E-state index in [4.69, 9.17) is 10.2 Å². The maximum absolute atomic E-state index is 11.5. The minimum absolute atomic E-state index is 0.0730. The molecule has 0 radical (unpaired) electrons. The molecule has 3 N–H and O–H groups in total. The number of H-pyrrole nitrogens is 1. The van der Waals surface area contributed by atoms with E-state index in [1.165, 1.54) is 4.68 Å². The van der Waals surface area contributed by atoms with Gasteiger partial charge in [-0.25, -0.2) is 4.68 Å². The topological polar surface area (TPSA) is 78.2 Å². The normalized spacial score (nSPS) is 10.9. The summed E-state index contributed by atoms with van der Waals surface area (Å²) in [7, 11) is 0. The van der Waals surface area contributed by atoms with Crippen molar-refractivity contribution in [2.45, 2.75) is 6.29 Å². The maximum Gasteiger partial charge on any atom is 0.271 e. The molecular weight excluding hydrogens is 196 g/mol. The molecule has 0 amide bonds. The van der Waals surface area contributed by atoms with Crippen molar-refractivity contribution < 1.29 is 10.2 Å². The average molecular weight is 206 g/mol. The highest BCUT2D eigenvalue weighted by Crippen LogP contribution is 2.06. The number of rotatable bonds is 2. The second-order valence-electron chi connectivity index (χ2n) is 3.09. The van der Waals surface area contributed by atoms with Crippen LogP contribution in [0, 0.1) is 0 Å². The zero-order valence-corrected chi connectivity index (χ0v) is 7.79. The Kier molecular flexibility index (Phi) is 2.40. The molecule has 0 aliphatic heterocycles. The second kappa shape index (κ2) is 3.72. The van der Waals surface area contributed by atoms with E-state index in [9.17, 15) is 4.79 Å². The molecule has 15 heavy (non-hydrogen) atoms. The first kappa shape index (κ1) is 9.70. The molecular formula is C10H10N2O3. The monoisotopic (exact) mass is 206 g/mol. The summed E-state index contributed by atoms with van der Waals surface area (Å²) < 4.78 is 1.24. The smallest absolute Gasteiger partial charge is 0.271 e. The lowest BCUT2D eigenvalue weighted by atomic mass is 10.3. The standard InChI is InChI=1S/C10H10N2O3/c13-9-6-8(10(14)15)11-12(9)7-4-2-1-3-5-7/h1-6,10-11,14-15H. The average Bonchev–Trinajstić information content (AvgIpc) is 2.62.